The standard InChI is InChI=1S/C26H31N3O5/c1-18(2)23(29-25(31)21-8-3-4-9-22(21)26(29)32)24(30)27-17-19-6-5-7-20(16-19)34-15-12-28-10-13-33-14-11-28/h3-9,16,18,23H,10-15,17H2,1-2H3,(H,27,30). The summed E-state index contributed by atoms with van der Waals surface area (Å²) in [6, 6.07) is 13.4. The fourth-order valence-corrected chi connectivity index (χ4v) is 4.34. The van der Waals surface area contributed by atoms with Crippen LogP contribution in [0.2, 0.25) is 0 Å². The maximum Gasteiger partial charge on any atom is 0.262 e. The lowest BCUT2D eigenvalue weighted by Crippen LogP contribution is -2.52. The lowest BCUT2D eigenvalue weighted by molar-refractivity contribution is -0.126. The Kier molecular flexibility index (Phi) is 7.59. The summed E-state index contributed by atoms with van der Waals surface area (Å²) in [5.74, 6) is -0.712. The monoisotopic (exact) mass is 465 g/mol. The molecule has 2 heterocycles. The quantitative estimate of drug-likeness (QED) is 0.572. The largest absolute Gasteiger partial charge is 0.492 e. The maximum absolute atomic E-state index is 13.1. The van der Waals surface area contributed by atoms with E-state index in [1.54, 1.807) is 24.3 Å². The number of nitrogens with one attached hydrogen (secondary N) is 1. The normalized spacial score (nSPS) is 17.1. The molecule has 34 heavy (non-hydrogen) atoms. The van der Waals surface area contributed by atoms with Gasteiger partial charge in [0.25, 0.3) is 11.8 Å². The number of rotatable bonds is 9. The Balaban J connectivity index is 1.35. The highest BCUT2D eigenvalue weighted by atomic mass is 16.5. The molecule has 2 aliphatic rings. The Morgan fingerprint density at radius 3 is 2.35 bits per heavy atom. The van der Waals surface area contributed by atoms with Gasteiger partial charge in [0.15, 0.2) is 0 Å². The van der Waals surface area contributed by atoms with E-state index in [-0.39, 0.29) is 18.4 Å². The lowest BCUT2D eigenvalue weighted by atomic mass is 10.0. The number of nitrogens with zero attached hydrogens (tertiary/aromatic N) is 2. The molecule has 1 unspecified atom stereocenters. The van der Waals surface area contributed by atoms with Gasteiger partial charge in [-0.2, -0.15) is 0 Å². The number of hydrogen-bond donors (Lipinski definition) is 1. The van der Waals surface area contributed by atoms with Crippen molar-refractivity contribution < 1.29 is 23.9 Å². The van der Waals surface area contributed by atoms with Crippen LogP contribution >= 0.6 is 0 Å². The minimum atomic E-state index is -0.889. The third-order valence-electron chi connectivity index (χ3n) is 6.15. The second-order valence-corrected chi connectivity index (χ2v) is 8.88. The number of carbonyl (C=O) groups excluding carboxylic acids is 3. The van der Waals surface area contributed by atoms with Crippen LogP contribution in [0.5, 0.6) is 5.75 Å². The predicted molar refractivity (Wildman–Crippen MR) is 127 cm³/mol. The van der Waals surface area contributed by atoms with E-state index in [1.165, 1.54) is 0 Å². The molecule has 0 aliphatic carbocycles. The average Bonchev–Trinajstić information content (AvgIpc) is 3.09. The SMILES string of the molecule is CC(C)C(C(=O)NCc1cccc(OCCN2CCOCC2)c1)N1C(=O)c2ccccc2C1=O. The van der Waals surface area contributed by atoms with E-state index in [1.807, 2.05) is 38.1 Å². The van der Waals surface area contributed by atoms with Crippen LogP contribution in [-0.2, 0) is 16.1 Å². The minimum absolute atomic E-state index is 0.239. The second-order valence-electron chi connectivity index (χ2n) is 8.88. The molecule has 0 radical (unpaired) electrons. The molecule has 1 N–H and O–H groups in total. The highest BCUT2D eigenvalue weighted by Crippen LogP contribution is 2.27. The molecule has 2 aliphatic heterocycles. The lowest BCUT2D eigenvalue weighted by Gasteiger charge is -2.28. The van der Waals surface area contributed by atoms with Crippen molar-refractivity contribution in [2.24, 2.45) is 5.92 Å². The van der Waals surface area contributed by atoms with Gasteiger partial charge >= 0.3 is 0 Å². The smallest absolute Gasteiger partial charge is 0.262 e. The number of hydrogen-bond acceptors (Lipinski definition) is 6. The molecule has 2 aromatic carbocycles. The topological polar surface area (TPSA) is 88.2 Å². The summed E-state index contributed by atoms with van der Waals surface area (Å²) < 4.78 is 11.3. The fraction of sp³-hybridized carbons (Fsp3) is 0.423. The van der Waals surface area contributed by atoms with Gasteiger partial charge in [-0.25, -0.2) is 0 Å². The summed E-state index contributed by atoms with van der Waals surface area (Å²) in [5, 5.41) is 2.90. The van der Waals surface area contributed by atoms with Gasteiger partial charge in [-0.1, -0.05) is 38.1 Å². The van der Waals surface area contributed by atoms with Gasteiger partial charge in [0.05, 0.1) is 24.3 Å². The van der Waals surface area contributed by atoms with Crippen molar-refractivity contribution in [3.8, 4) is 5.75 Å². The number of ether oxygens (including phenoxy) is 2. The Morgan fingerprint density at radius 1 is 1.03 bits per heavy atom. The molecular formula is C26H31N3O5. The first-order valence-corrected chi connectivity index (χ1v) is 11.7. The molecule has 8 nitrogen and oxygen atoms in total. The van der Waals surface area contributed by atoms with Gasteiger partial charge in [-0.05, 0) is 35.7 Å². The summed E-state index contributed by atoms with van der Waals surface area (Å²) in [6.45, 7) is 8.69. The van der Waals surface area contributed by atoms with E-state index in [9.17, 15) is 14.4 Å². The van der Waals surface area contributed by atoms with Gasteiger partial charge in [-0.15, -0.1) is 0 Å². The molecule has 4 rings (SSSR count). The van der Waals surface area contributed by atoms with Crippen molar-refractivity contribution in [2.45, 2.75) is 26.4 Å². The van der Waals surface area contributed by atoms with E-state index in [0.717, 1.165) is 49.1 Å². The highest BCUT2D eigenvalue weighted by molar-refractivity contribution is 6.22. The Morgan fingerprint density at radius 2 is 1.71 bits per heavy atom. The Bertz CT molecular complexity index is 1010. The summed E-state index contributed by atoms with van der Waals surface area (Å²) in [6.07, 6.45) is 0. The molecule has 0 saturated carbocycles. The predicted octanol–water partition coefficient (Wildman–Crippen LogP) is 2.33. The molecule has 0 spiro atoms. The number of benzene rings is 2. The number of imide groups is 1. The van der Waals surface area contributed by atoms with Crippen LogP contribution in [0.15, 0.2) is 48.5 Å². The van der Waals surface area contributed by atoms with Crippen molar-refractivity contribution in [3.05, 3.63) is 65.2 Å². The molecule has 2 aromatic rings. The first-order valence-electron chi connectivity index (χ1n) is 11.7. The van der Waals surface area contributed by atoms with Crippen molar-refractivity contribution in [2.75, 3.05) is 39.5 Å². The molecule has 0 bridgehead atoms. The van der Waals surface area contributed by atoms with Crippen LogP contribution < -0.4 is 10.1 Å². The summed E-state index contributed by atoms with van der Waals surface area (Å²) in [7, 11) is 0. The summed E-state index contributed by atoms with van der Waals surface area (Å²) in [5.41, 5.74) is 1.56. The van der Waals surface area contributed by atoms with Gasteiger partial charge in [0.1, 0.15) is 18.4 Å². The van der Waals surface area contributed by atoms with E-state index in [0.29, 0.717) is 17.7 Å². The molecule has 1 fully saturated rings. The van der Waals surface area contributed by atoms with Crippen molar-refractivity contribution in [1.82, 2.24) is 15.1 Å². The van der Waals surface area contributed by atoms with Crippen LogP contribution in [0.1, 0.15) is 40.1 Å². The average molecular weight is 466 g/mol. The highest BCUT2D eigenvalue weighted by Gasteiger charge is 2.43. The molecule has 180 valence electrons. The molecule has 1 saturated heterocycles. The van der Waals surface area contributed by atoms with Crippen molar-refractivity contribution in [3.63, 3.8) is 0 Å². The number of carbonyl (C=O) groups is 3. The van der Waals surface area contributed by atoms with E-state index in [2.05, 4.69) is 10.2 Å². The van der Waals surface area contributed by atoms with E-state index >= 15 is 0 Å². The zero-order valence-electron chi connectivity index (χ0n) is 19.7. The second kappa shape index (κ2) is 10.8. The Hall–Kier alpha value is -3.23. The molecule has 3 amide bonds. The summed E-state index contributed by atoms with van der Waals surface area (Å²) in [4.78, 5) is 42.3. The molecule has 8 heteroatoms. The number of amides is 3. The fourth-order valence-electron chi connectivity index (χ4n) is 4.34. The van der Waals surface area contributed by atoms with Crippen LogP contribution in [-0.4, -0.2) is 73.0 Å². The zero-order valence-corrected chi connectivity index (χ0v) is 19.7. The van der Waals surface area contributed by atoms with Gasteiger partial charge in [-0.3, -0.25) is 24.2 Å². The molecular weight excluding hydrogens is 434 g/mol. The van der Waals surface area contributed by atoms with E-state index in [4.69, 9.17) is 9.47 Å². The van der Waals surface area contributed by atoms with Crippen LogP contribution in [0.4, 0.5) is 0 Å². The number of morpholine rings is 1. The van der Waals surface area contributed by atoms with Crippen molar-refractivity contribution >= 4 is 17.7 Å². The molecule has 0 aromatic heterocycles. The van der Waals surface area contributed by atoms with E-state index < -0.39 is 17.9 Å². The number of fused-ring (bicyclic) bond motifs is 1. The van der Waals surface area contributed by atoms with Crippen molar-refractivity contribution in [1.29, 1.82) is 0 Å². The Labute approximate surface area is 199 Å². The third-order valence-corrected chi connectivity index (χ3v) is 6.15. The van der Waals surface area contributed by atoms with Crippen LogP contribution in [0.25, 0.3) is 0 Å². The maximum atomic E-state index is 13.1. The van der Waals surface area contributed by atoms with Gasteiger partial charge in [0.2, 0.25) is 5.91 Å². The first kappa shape index (κ1) is 23.9. The van der Waals surface area contributed by atoms with Crippen LogP contribution in [0, 0.1) is 5.92 Å². The molecule has 1 atom stereocenters. The van der Waals surface area contributed by atoms with Gasteiger partial charge < -0.3 is 14.8 Å². The van der Waals surface area contributed by atoms with Crippen LogP contribution in [0.3, 0.4) is 0 Å². The minimum Gasteiger partial charge on any atom is -0.492 e. The zero-order chi connectivity index (χ0) is 24.1. The van der Waals surface area contributed by atoms with Gasteiger partial charge in [0, 0.05) is 26.2 Å². The first-order chi connectivity index (χ1) is 16.5. The summed E-state index contributed by atoms with van der Waals surface area (Å²) >= 11 is 0. The third kappa shape index (κ3) is 5.29.